The Morgan fingerprint density at radius 1 is 1.12 bits per heavy atom. The van der Waals surface area contributed by atoms with Gasteiger partial charge in [-0.05, 0) is 43.2 Å². The second kappa shape index (κ2) is 4.62. The summed E-state index contributed by atoms with van der Waals surface area (Å²) in [6.07, 6.45) is 2.13. The van der Waals surface area contributed by atoms with E-state index in [1.165, 1.54) is 27.7 Å². The van der Waals surface area contributed by atoms with Crippen LogP contribution in [0.1, 0.15) is 19.4 Å². The van der Waals surface area contributed by atoms with Crippen LogP contribution in [-0.4, -0.2) is 7.05 Å². The second-order valence-corrected chi connectivity index (χ2v) is 4.42. The molecule has 0 amide bonds. The zero-order valence-corrected chi connectivity index (χ0v) is 11.0. The van der Waals surface area contributed by atoms with Crippen LogP contribution in [-0.2, 0) is 0 Å². The molecule has 1 heteroatoms. The Labute approximate surface area is 103 Å². The minimum absolute atomic E-state index is 1.27. The molecule has 0 saturated heterocycles. The van der Waals surface area contributed by atoms with Crippen molar-refractivity contribution in [3.8, 4) is 0 Å². The molecule has 0 aliphatic rings. The molecular formula is C16H19N. The molecule has 2 aromatic rings. The van der Waals surface area contributed by atoms with Crippen LogP contribution in [0.5, 0.6) is 0 Å². The second-order valence-electron chi connectivity index (χ2n) is 4.42. The van der Waals surface area contributed by atoms with E-state index in [2.05, 4.69) is 75.2 Å². The van der Waals surface area contributed by atoms with Crippen molar-refractivity contribution in [2.45, 2.75) is 20.8 Å². The Bertz CT molecular complexity index is 567. The van der Waals surface area contributed by atoms with Gasteiger partial charge in [-0.2, -0.15) is 0 Å². The van der Waals surface area contributed by atoms with E-state index in [4.69, 9.17) is 0 Å². The summed E-state index contributed by atoms with van der Waals surface area (Å²) in [5.74, 6) is 0. The highest BCUT2D eigenvalue weighted by molar-refractivity contribution is 5.90. The lowest BCUT2D eigenvalue weighted by atomic mass is 10.0. The number of hydrogen-bond donors (Lipinski definition) is 0. The Kier molecular flexibility index (Phi) is 3.19. The van der Waals surface area contributed by atoms with Gasteiger partial charge in [0.25, 0.3) is 0 Å². The fourth-order valence-corrected chi connectivity index (χ4v) is 2.16. The molecule has 0 aliphatic heterocycles. The van der Waals surface area contributed by atoms with Crippen molar-refractivity contribution in [1.29, 1.82) is 0 Å². The average Bonchev–Trinajstić information content (AvgIpc) is 2.38. The quantitative estimate of drug-likeness (QED) is 0.727. The highest BCUT2D eigenvalue weighted by atomic mass is 15.1. The predicted octanol–water partition coefficient (Wildman–Crippen LogP) is 4.51. The van der Waals surface area contributed by atoms with Gasteiger partial charge in [-0.15, -0.1) is 0 Å². The van der Waals surface area contributed by atoms with Crippen molar-refractivity contribution in [2.75, 3.05) is 11.9 Å². The maximum Gasteiger partial charge on any atom is 0.0441 e. The van der Waals surface area contributed by atoms with Crippen molar-refractivity contribution >= 4 is 16.5 Å². The van der Waals surface area contributed by atoms with Gasteiger partial charge in [0.1, 0.15) is 0 Å². The van der Waals surface area contributed by atoms with E-state index < -0.39 is 0 Å². The summed E-state index contributed by atoms with van der Waals surface area (Å²) in [5.41, 5.74) is 3.88. The van der Waals surface area contributed by atoms with E-state index in [0.29, 0.717) is 0 Å². The molecule has 0 atom stereocenters. The summed E-state index contributed by atoms with van der Waals surface area (Å²) in [6.45, 7) is 6.40. The third kappa shape index (κ3) is 2.05. The molecule has 2 aromatic carbocycles. The highest BCUT2D eigenvalue weighted by Gasteiger charge is 2.08. The standard InChI is InChI=1S/C16H19N/c1-5-12(2)17(4)16-11-10-14-8-6-7-9-15(14)13(16)3/h5-11H,1-4H3/b12-5-. The monoisotopic (exact) mass is 225 g/mol. The zero-order valence-electron chi connectivity index (χ0n) is 11.0. The molecular weight excluding hydrogens is 206 g/mol. The fraction of sp³-hybridized carbons (Fsp3) is 0.250. The number of benzene rings is 2. The first-order valence-corrected chi connectivity index (χ1v) is 6.00. The Hall–Kier alpha value is -1.76. The molecule has 1 nitrogen and oxygen atoms in total. The van der Waals surface area contributed by atoms with Crippen LogP contribution in [0.4, 0.5) is 5.69 Å². The van der Waals surface area contributed by atoms with Crippen molar-refractivity contribution in [2.24, 2.45) is 0 Å². The van der Waals surface area contributed by atoms with Gasteiger partial charge in [0, 0.05) is 18.4 Å². The molecule has 88 valence electrons. The lowest BCUT2D eigenvalue weighted by Gasteiger charge is -2.23. The normalized spacial score (nSPS) is 11.9. The number of fused-ring (bicyclic) bond motifs is 1. The van der Waals surface area contributed by atoms with Crippen molar-refractivity contribution in [3.63, 3.8) is 0 Å². The minimum Gasteiger partial charge on any atom is -0.349 e. The van der Waals surface area contributed by atoms with Crippen LogP contribution < -0.4 is 4.90 Å². The van der Waals surface area contributed by atoms with E-state index in [-0.39, 0.29) is 0 Å². The van der Waals surface area contributed by atoms with Crippen LogP contribution in [0.3, 0.4) is 0 Å². The Morgan fingerprint density at radius 3 is 2.53 bits per heavy atom. The van der Waals surface area contributed by atoms with Gasteiger partial charge < -0.3 is 4.90 Å². The first kappa shape index (κ1) is 11.7. The largest absolute Gasteiger partial charge is 0.349 e. The summed E-state index contributed by atoms with van der Waals surface area (Å²) in [5, 5.41) is 2.64. The van der Waals surface area contributed by atoms with Crippen LogP contribution in [0.25, 0.3) is 10.8 Å². The fourth-order valence-electron chi connectivity index (χ4n) is 2.16. The SMILES string of the molecule is C/C=C(/C)N(C)c1ccc2ccccc2c1C. The summed E-state index contributed by atoms with van der Waals surface area (Å²) >= 11 is 0. The van der Waals surface area contributed by atoms with Gasteiger partial charge in [-0.3, -0.25) is 0 Å². The van der Waals surface area contributed by atoms with Crippen LogP contribution in [0.15, 0.2) is 48.2 Å². The van der Waals surface area contributed by atoms with E-state index in [9.17, 15) is 0 Å². The van der Waals surface area contributed by atoms with E-state index in [1.54, 1.807) is 0 Å². The minimum atomic E-state index is 1.27. The number of nitrogens with zero attached hydrogens (tertiary/aromatic N) is 1. The number of aryl methyl sites for hydroxylation is 1. The van der Waals surface area contributed by atoms with Gasteiger partial charge in [0.15, 0.2) is 0 Å². The van der Waals surface area contributed by atoms with Crippen molar-refractivity contribution in [3.05, 3.63) is 53.7 Å². The lowest BCUT2D eigenvalue weighted by Crippen LogP contribution is -2.15. The third-order valence-corrected chi connectivity index (χ3v) is 3.48. The average molecular weight is 225 g/mol. The third-order valence-electron chi connectivity index (χ3n) is 3.48. The van der Waals surface area contributed by atoms with Gasteiger partial charge >= 0.3 is 0 Å². The van der Waals surface area contributed by atoms with Crippen molar-refractivity contribution in [1.82, 2.24) is 0 Å². The summed E-state index contributed by atoms with van der Waals surface area (Å²) in [4.78, 5) is 2.24. The van der Waals surface area contributed by atoms with Crippen LogP contribution in [0, 0.1) is 6.92 Å². The molecule has 0 spiro atoms. The van der Waals surface area contributed by atoms with Gasteiger partial charge in [-0.25, -0.2) is 0 Å². The van der Waals surface area contributed by atoms with Gasteiger partial charge in [-0.1, -0.05) is 36.4 Å². The predicted molar refractivity (Wildman–Crippen MR) is 76.5 cm³/mol. The molecule has 0 heterocycles. The first-order chi connectivity index (χ1) is 8.15. The molecule has 0 fully saturated rings. The lowest BCUT2D eigenvalue weighted by molar-refractivity contribution is 1.08. The van der Waals surface area contributed by atoms with Gasteiger partial charge in [0.2, 0.25) is 0 Å². The molecule has 0 N–H and O–H groups in total. The molecule has 0 saturated carbocycles. The summed E-state index contributed by atoms with van der Waals surface area (Å²) < 4.78 is 0. The van der Waals surface area contributed by atoms with Crippen LogP contribution in [0.2, 0.25) is 0 Å². The first-order valence-electron chi connectivity index (χ1n) is 6.00. The maximum atomic E-state index is 2.24. The summed E-state index contributed by atoms with van der Waals surface area (Å²) in [7, 11) is 2.12. The maximum absolute atomic E-state index is 2.24. The number of rotatable bonds is 2. The number of hydrogen-bond acceptors (Lipinski definition) is 1. The number of anilines is 1. The smallest absolute Gasteiger partial charge is 0.0441 e. The Balaban J connectivity index is 2.60. The molecule has 0 bridgehead atoms. The van der Waals surface area contributed by atoms with E-state index in [1.807, 2.05) is 0 Å². The molecule has 0 radical (unpaired) electrons. The van der Waals surface area contributed by atoms with Crippen LogP contribution >= 0.6 is 0 Å². The Morgan fingerprint density at radius 2 is 1.82 bits per heavy atom. The van der Waals surface area contributed by atoms with Gasteiger partial charge in [0.05, 0.1) is 0 Å². The molecule has 0 unspecified atom stereocenters. The highest BCUT2D eigenvalue weighted by Crippen LogP contribution is 2.29. The number of allylic oxidation sites excluding steroid dienone is 2. The molecule has 0 aromatic heterocycles. The van der Waals surface area contributed by atoms with E-state index >= 15 is 0 Å². The zero-order chi connectivity index (χ0) is 12.4. The molecule has 17 heavy (non-hydrogen) atoms. The van der Waals surface area contributed by atoms with E-state index in [0.717, 1.165) is 0 Å². The molecule has 0 aliphatic carbocycles. The summed E-state index contributed by atoms with van der Waals surface area (Å²) in [6, 6.07) is 12.9. The molecule has 2 rings (SSSR count). The van der Waals surface area contributed by atoms with Crippen molar-refractivity contribution < 1.29 is 0 Å². The topological polar surface area (TPSA) is 3.24 Å².